The van der Waals surface area contributed by atoms with Crippen LogP contribution in [0.1, 0.15) is 39.5 Å². The number of ether oxygens (including phenoxy) is 1. The molecule has 0 aliphatic heterocycles. The molecule has 0 heterocycles. The van der Waals surface area contributed by atoms with E-state index in [1.807, 2.05) is 0 Å². The van der Waals surface area contributed by atoms with E-state index in [-0.39, 0.29) is 0 Å². The Kier molecular flexibility index (Phi) is 3.74. The summed E-state index contributed by atoms with van der Waals surface area (Å²) in [6, 6.07) is 0. The predicted octanol–water partition coefficient (Wildman–Crippen LogP) is 2.21. The van der Waals surface area contributed by atoms with Gasteiger partial charge in [-0.3, -0.25) is 0 Å². The molecule has 2 nitrogen and oxygen atoms in total. The number of methoxy groups -OCH3 is 1. The Labute approximate surface area is 81.3 Å². The van der Waals surface area contributed by atoms with Gasteiger partial charge in [0.1, 0.15) is 0 Å². The van der Waals surface area contributed by atoms with Crippen LogP contribution in [0.2, 0.25) is 0 Å². The van der Waals surface area contributed by atoms with Crippen molar-refractivity contribution in [3.8, 4) is 0 Å². The lowest BCUT2D eigenvalue weighted by Crippen LogP contribution is -2.40. The molecular weight excluding hydrogens is 164 g/mol. The van der Waals surface area contributed by atoms with Crippen LogP contribution in [-0.4, -0.2) is 24.4 Å². The Morgan fingerprint density at radius 2 is 2.23 bits per heavy atom. The summed E-state index contributed by atoms with van der Waals surface area (Å²) >= 11 is 0. The molecule has 1 N–H and O–H groups in total. The molecule has 0 radical (unpaired) electrons. The molecule has 1 aliphatic rings. The average molecular weight is 186 g/mol. The van der Waals surface area contributed by atoms with E-state index in [9.17, 15) is 5.11 Å². The molecule has 0 spiro atoms. The summed E-state index contributed by atoms with van der Waals surface area (Å²) in [6.07, 6.45) is 4.23. The molecule has 2 atom stereocenters. The van der Waals surface area contributed by atoms with Gasteiger partial charge >= 0.3 is 0 Å². The van der Waals surface area contributed by atoms with Crippen LogP contribution >= 0.6 is 0 Å². The van der Waals surface area contributed by atoms with Crippen molar-refractivity contribution in [2.45, 2.75) is 45.1 Å². The molecule has 0 aromatic rings. The number of rotatable bonds is 3. The highest BCUT2D eigenvalue weighted by molar-refractivity contribution is 4.87. The van der Waals surface area contributed by atoms with E-state index in [1.54, 1.807) is 7.11 Å². The molecule has 0 saturated heterocycles. The predicted molar refractivity (Wildman–Crippen MR) is 53.6 cm³/mol. The highest BCUT2D eigenvalue weighted by atomic mass is 16.5. The zero-order chi connectivity index (χ0) is 9.90. The lowest BCUT2D eigenvalue weighted by atomic mass is 9.74. The van der Waals surface area contributed by atoms with Crippen molar-refractivity contribution in [1.82, 2.24) is 0 Å². The topological polar surface area (TPSA) is 29.5 Å². The molecule has 0 amide bonds. The molecule has 78 valence electrons. The van der Waals surface area contributed by atoms with Crippen LogP contribution in [0.5, 0.6) is 0 Å². The van der Waals surface area contributed by atoms with E-state index >= 15 is 0 Å². The van der Waals surface area contributed by atoms with Crippen molar-refractivity contribution >= 4 is 0 Å². The fraction of sp³-hybridized carbons (Fsp3) is 1.00. The number of hydrogen-bond acceptors (Lipinski definition) is 2. The van der Waals surface area contributed by atoms with E-state index in [0.717, 1.165) is 19.3 Å². The van der Waals surface area contributed by atoms with E-state index in [1.165, 1.54) is 6.42 Å². The Bertz CT molecular complexity index is 152. The highest BCUT2D eigenvalue weighted by Crippen LogP contribution is 2.36. The van der Waals surface area contributed by atoms with Gasteiger partial charge in [0.15, 0.2) is 0 Å². The summed E-state index contributed by atoms with van der Waals surface area (Å²) in [5, 5.41) is 10.2. The van der Waals surface area contributed by atoms with Crippen LogP contribution in [0.15, 0.2) is 0 Å². The van der Waals surface area contributed by atoms with Crippen molar-refractivity contribution in [3.63, 3.8) is 0 Å². The monoisotopic (exact) mass is 186 g/mol. The molecule has 1 fully saturated rings. The molecule has 0 aromatic carbocycles. The summed E-state index contributed by atoms with van der Waals surface area (Å²) in [5.74, 6) is 1.36. The van der Waals surface area contributed by atoms with Gasteiger partial charge in [0, 0.05) is 7.11 Å². The van der Waals surface area contributed by atoms with Crippen molar-refractivity contribution in [2.75, 3.05) is 13.7 Å². The summed E-state index contributed by atoms with van der Waals surface area (Å²) in [6.45, 7) is 4.97. The summed E-state index contributed by atoms with van der Waals surface area (Å²) in [7, 11) is 1.66. The molecular formula is C11H22O2. The number of aliphatic hydroxyl groups is 1. The quantitative estimate of drug-likeness (QED) is 0.732. The minimum absolute atomic E-state index is 0.496. The first kappa shape index (κ1) is 11.0. The van der Waals surface area contributed by atoms with Gasteiger partial charge in [-0.2, -0.15) is 0 Å². The fourth-order valence-corrected chi connectivity index (χ4v) is 2.35. The first-order valence-electron chi connectivity index (χ1n) is 5.29. The minimum Gasteiger partial charge on any atom is -0.387 e. The molecule has 1 saturated carbocycles. The van der Waals surface area contributed by atoms with Gasteiger partial charge in [-0.15, -0.1) is 0 Å². The molecule has 2 unspecified atom stereocenters. The smallest absolute Gasteiger partial charge is 0.0882 e. The lowest BCUT2D eigenvalue weighted by molar-refractivity contribution is -0.0745. The van der Waals surface area contributed by atoms with Gasteiger partial charge < -0.3 is 9.84 Å². The van der Waals surface area contributed by atoms with E-state index < -0.39 is 5.60 Å². The van der Waals surface area contributed by atoms with Crippen molar-refractivity contribution < 1.29 is 9.84 Å². The van der Waals surface area contributed by atoms with Crippen LogP contribution in [0.4, 0.5) is 0 Å². The van der Waals surface area contributed by atoms with Gasteiger partial charge in [0.2, 0.25) is 0 Å². The Morgan fingerprint density at radius 1 is 1.54 bits per heavy atom. The van der Waals surface area contributed by atoms with Crippen LogP contribution < -0.4 is 0 Å². The summed E-state index contributed by atoms with van der Waals surface area (Å²) < 4.78 is 5.06. The molecule has 1 rings (SSSR count). The van der Waals surface area contributed by atoms with Crippen molar-refractivity contribution in [2.24, 2.45) is 11.8 Å². The molecule has 13 heavy (non-hydrogen) atoms. The van der Waals surface area contributed by atoms with E-state index in [2.05, 4.69) is 13.8 Å². The van der Waals surface area contributed by atoms with Crippen LogP contribution in [0, 0.1) is 11.8 Å². The Balaban J connectivity index is 2.49. The summed E-state index contributed by atoms with van der Waals surface area (Å²) in [5.41, 5.74) is -0.540. The summed E-state index contributed by atoms with van der Waals surface area (Å²) in [4.78, 5) is 0. The second kappa shape index (κ2) is 4.43. The van der Waals surface area contributed by atoms with Gasteiger partial charge in [-0.05, 0) is 31.1 Å². The zero-order valence-electron chi connectivity index (χ0n) is 9.05. The van der Waals surface area contributed by atoms with Crippen LogP contribution in [0.25, 0.3) is 0 Å². The third-order valence-corrected chi connectivity index (χ3v) is 3.22. The van der Waals surface area contributed by atoms with E-state index in [4.69, 9.17) is 4.74 Å². The Hall–Kier alpha value is -0.0800. The van der Waals surface area contributed by atoms with Gasteiger partial charge in [-0.25, -0.2) is 0 Å². The largest absolute Gasteiger partial charge is 0.387 e. The Morgan fingerprint density at radius 3 is 2.77 bits per heavy atom. The van der Waals surface area contributed by atoms with Gasteiger partial charge in [0.25, 0.3) is 0 Å². The van der Waals surface area contributed by atoms with Crippen LogP contribution in [-0.2, 0) is 4.74 Å². The standard InChI is InChI=1S/C11H22O2/c1-9(2)10-5-4-6-11(12,7-10)8-13-3/h9-10,12H,4-8H2,1-3H3. The second-order valence-corrected chi connectivity index (χ2v) is 4.76. The van der Waals surface area contributed by atoms with Crippen molar-refractivity contribution in [3.05, 3.63) is 0 Å². The number of hydrogen-bond donors (Lipinski definition) is 1. The highest BCUT2D eigenvalue weighted by Gasteiger charge is 2.35. The lowest BCUT2D eigenvalue weighted by Gasteiger charge is -2.38. The third kappa shape index (κ3) is 2.96. The minimum atomic E-state index is -0.540. The average Bonchev–Trinajstić information content (AvgIpc) is 2.04. The van der Waals surface area contributed by atoms with Gasteiger partial charge in [-0.1, -0.05) is 20.3 Å². The normalized spacial score (nSPS) is 35.3. The maximum Gasteiger partial charge on any atom is 0.0882 e. The SMILES string of the molecule is COCC1(O)CCCC(C(C)C)C1. The van der Waals surface area contributed by atoms with Crippen LogP contribution in [0.3, 0.4) is 0 Å². The molecule has 2 heteroatoms. The van der Waals surface area contributed by atoms with E-state index in [0.29, 0.717) is 18.4 Å². The first-order valence-corrected chi connectivity index (χ1v) is 5.29. The molecule has 1 aliphatic carbocycles. The van der Waals surface area contributed by atoms with Gasteiger partial charge in [0.05, 0.1) is 12.2 Å². The maximum absolute atomic E-state index is 10.2. The zero-order valence-corrected chi connectivity index (χ0v) is 9.05. The first-order chi connectivity index (χ1) is 6.07. The second-order valence-electron chi connectivity index (χ2n) is 4.76. The third-order valence-electron chi connectivity index (χ3n) is 3.22. The fourth-order valence-electron chi connectivity index (χ4n) is 2.35. The maximum atomic E-state index is 10.2. The molecule has 0 aromatic heterocycles. The molecule has 0 bridgehead atoms. The van der Waals surface area contributed by atoms with Crippen molar-refractivity contribution in [1.29, 1.82) is 0 Å².